The van der Waals surface area contributed by atoms with Gasteiger partial charge in [0.15, 0.2) is 0 Å². The number of hydrogen-bond acceptors (Lipinski definition) is 3. The average Bonchev–Trinajstić information content (AvgIpc) is 2.36. The van der Waals surface area contributed by atoms with Crippen molar-refractivity contribution in [1.29, 1.82) is 0 Å². The van der Waals surface area contributed by atoms with Crippen LogP contribution in [0.4, 0.5) is 0 Å². The van der Waals surface area contributed by atoms with Crippen LogP contribution in [-0.2, 0) is 9.53 Å². The fourth-order valence-corrected chi connectivity index (χ4v) is 1.88. The lowest BCUT2D eigenvalue weighted by Gasteiger charge is -2.02. The van der Waals surface area contributed by atoms with E-state index in [9.17, 15) is 9.90 Å². The number of carbonyl (C=O) groups excluding carboxylic acids is 1. The maximum absolute atomic E-state index is 10.8. The highest BCUT2D eigenvalue weighted by Crippen LogP contribution is 2.12. The van der Waals surface area contributed by atoms with Crippen LogP contribution < -0.4 is 0 Å². The van der Waals surface area contributed by atoms with Crippen LogP contribution in [0.2, 0.25) is 0 Å². The Kier molecular flexibility index (Phi) is 11.8. The van der Waals surface area contributed by atoms with Crippen molar-refractivity contribution in [2.75, 3.05) is 7.11 Å². The van der Waals surface area contributed by atoms with Crippen LogP contribution in [0.15, 0.2) is 11.8 Å². The molecule has 0 amide bonds. The third-order valence-electron chi connectivity index (χ3n) is 3.02. The van der Waals surface area contributed by atoms with Gasteiger partial charge in [-0.15, -0.1) is 0 Å². The smallest absolute Gasteiger partial charge is 0.333 e. The fourth-order valence-electron chi connectivity index (χ4n) is 1.88. The Morgan fingerprint density at radius 2 is 1.50 bits per heavy atom. The largest absolute Gasteiger partial charge is 0.512 e. The van der Waals surface area contributed by atoms with Crippen molar-refractivity contribution in [3.63, 3.8) is 0 Å². The first-order valence-corrected chi connectivity index (χ1v) is 7.18. The molecule has 0 aromatic rings. The van der Waals surface area contributed by atoms with Gasteiger partial charge in [-0.3, -0.25) is 0 Å². The first kappa shape index (κ1) is 17.0. The van der Waals surface area contributed by atoms with Crippen molar-refractivity contribution >= 4 is 5.97 Å². The molecule has 106 valence electrons. The Morgan fingerprint density at radius 1 is 1.00 bits per heavy atom. The Balaban J connectivity index is 3.30. The molecule has 0 heterocycles. The zero-order chi connectivity index (χ0) is 13.6. The highest BCUT2D eigenvalue weighted by Gasteiger charge is 1.99. The number of unbranched alkanes of at least 4 members (excludes halogenated alkanes) is 8. The molecular weight excluding hydrogens is 228 g/mol. The van der Waals surface area contributed by atoms with Gasteiger partial charge in [-0.2, -0.15) is 0 Å². The van der Waals surface area contributed by atoms with Gasteiger partial charge in [0.2, 0.25) is 0 Å². The van der Waals surface area contributed by atoms with Crippen LogP contribution in [0.3, 0.4) is 0 Å². The first-order valence-electron chi connectivity index (χ1n) is 7.18. The minimum absolute atomic E-state index is 0.129. The minimum Gasteiger partial charge on any atom is -0.512 e. The SMILES string of the molecule is CCCCCCCCCCCC(O)=CC(=O)OC. The summed E-state index contributed by atoms with van der Waals surface area (Å²) < 4.78 is 4.44. The molecule has 0 aromatic heterocycles. The summed E-state index contributed by atoms with van der Waals surface area (Å²) in [6, 6.07) is 0. The maximum atomic E-state index is 10.8. The van der Waals surface area contributed by atoms with Gasteiger partial charge in [0.25, 0.3) is 0 Å². The lowest BCUT2D eigenvalue weighted by Crippen LogP contribution is -1.97. The zero-order valence-electron chi connectivity index (χ0n) is 11.9. The van der Waals surface area contributed by atoms with E-state index in [1.165, 1.54) is 52.1 Å². The Hall–Kier alpha value is -0.990. The van der Waals surface area contributed by atoms with Gasteiger partial charge in [-0.1, -0.05) is 58.3 Å². The summed E-state index contributed by atoms with van der Waals surface area (Å²) >= 11 is 0. The van der Waals surface area contributed by atoms with Gasteiger partial charge < -0.3 is 9.84 Å². The molecule has 0 saturated heterocycles. The van der Waals surface area contributed by atoms with Gasteiger partial charge in [0.1, 0.15) is 0 Å². The molecule has 0 aliphatic carbocycles. The number of allylic oxidation sites excluding steroid dienone is 1. The summed E-state index contributed by atoms with van der Waals surface area (Å²) in [5.41, 5.74) is 0. The van der Waals surface area contributed by atoms with E-state index in [0.29, 0.717) is 6.42 Å². The van der Waals surface area contributed by atoms with Gasteiger partial charge in [-0.05, 0) is 6.42 Å². The molecule has 0 radical (unpaired) electrons. The molecule has 0 bridgehead atoms. The van der Waals surface area contributed by atoms with Crippen LogP contribution in [-0.4, -0.2) is 18.2 Å². The van der Waals surface area contributed by atoms with Crippen LogP contribution in [0, 0.1) is 0 Å². The molecule has 0 aromatic carbocycles. The van der Waals surface area contributed by atoms with E-state index in [-0.39, 0.29) is 5.76 Å². The lowest BCUT2D eigenvalue weighted by atomic mass is 10.1. The second-order valence-corrected chi connectivity index (χ2v) is 4.74. The van der Waals surface area contributed by atoms with Crippen molar-refractivity contribution in [3.05, 3.63) is 11.8 Å². The topological polar surface area (TPSA) is 46.5 Å². The van der Waals surface area contributed by atoms with Gasteiger partial charge in [0, 0.05) is 6.42 Å². The van der Waals surface area contributed by atoms with E-state index in [2.05, 4.69) is 11.7 Å². The molecule has 3 nitrogen and oxygen atoms in total. The monoisotopic (exact) mass is 256 g/mol. The van der Waals surface area contributed by atoms with Crippen molar-refractivity contribution in [1.82, 2.24) is 0 Å². The van der Waals surface area contributed by atoms with Crippen LogP contribution >= 0.6 is 0 Å². The van der Waals surface area contributed by atoms with E-state index in [4.69, 9.17) is 0 Å². The summed E-state index contributed by atoms with van der Waals surface area (Å²) in [6.07, 6.45) is 13.0. The van der Waals surface area contributed by atoms with E-state index >= 15 is 0 Å². The van der Waals surface area contributed by atoms with Crippen molar-refractivity contribution in [2.24, 2.45) is 0 Å². The van der Waals surface area contributed by atoms with Crippen molar-refractivity contribution in [2.45, 2.75) is 71.1 Å². The molecular formula is C15H28O3. The van der Waals surface area contributed by atoms with Gasteiger partial charge >= 0.3 is 5.97 Å². The van der Waals surface area contributed by atoms with Gasteiger partial charge in [-0.25, -0.2) is 4.79 Å². The Morgan fingerprint density at radius 3 is 2.00 bits per heavy atom. The van der Waals surface area contributed by atoms with Crippen molar-refractivity contribution in [3.8, 4) is 0 Å². The number of methoxy groups -OCH3 is 1. The number of ether oxygens (including phenoxy) is 1. The number of rotatable bonds is 11. The lowest BCUT2D eigenvalue weighted by molar-refractivity contribution is -0.135. The number of aliphatic hydroxyl groups excluding tert-OH is 1. The molecule has 18 heavy (non-hydrogen) atoms. The summed E-state index contributed by atoms with van der Waals surface area (Å²) in [5, 5.41) is 9.41. The van der Waals surface area contributed by atoms with E-state index in [1.807, 2.05) is 0 Å². The van der Waals surface area contributed by atoms with Crippen LogP contribution in [0.25, 0.3) is 0 Å². The van der Waals surface area contributed by atoms with E-state index in [1.54, 1.807) is 0 Å². The maximum Gasteiger partial charge on any atom is 0.333 e. The molecule has 0 aliphatic heterocycles. The number of aliphatic hydroxyl groups is 1. The molecule has 0 fully saturated rings. The quantitative estimate of drug-likeness (QED) is 0.256. The molecule has 0 saturated carbocycles. The third-order valence-corrected chi connectivity index (χ3v) is 3.02. The highest BCUT2D eigenvalue weighted by atomic mass is 16.5. The number of carbonyl (C=O) groups is 1. The second kappa shape index (κ2) is 12.5. The highest BCUT2D eigenvalue weighted by molar-refractivity contribution is 5.82. The Bertz CT molecular complexity index is 234. The van der Waals surface area contributed by atoms with Crippen LogP contribution in [0.1, 0.15) is 71.1 Å². The number of esters is 1. The Labute approximate surface area is 111 Å². The fraction of sp³-hybridized carbons (Fsp3) is 0.800. The van der Waals surface area contributed by atoms with Crippen LogP contribution in [0.5, 0.6) is 0 Å². The zero-order valence-corrected chi connectivity index (χ0v) is 11.9. The molecule has 0 rings (SSSR count). The average molecular weight is 256 g/mol. The normalized spacial score (nSPS) is 11.6. The minimum atomic E-state index is -0.483. The second-order valence-electron chi connectivity index (χ2n) is 4.74. The summed E-state index contributed by atoms with van der Waals surface area (Å²) in [7, 11) is 1.31. The molecule has 1 N–H and O–H groups in total. The third kappa shape index (κ3) is 11.5. The first-order chi connectivity index (χ1) is 8.70. The van der Waals surface area contributed by atoms with E-state index < -0.39 is 5.97 Å². The molecule has 0 unspecified atom stereocenters. The van der Waals surface area contributed by atoms with Crippen molar-refractivity contribution < 1.29 is 14.6 Å². The van der Waals surface area contributed by atoms with Gasteiger partial charge in [0.05, 0.1) is 18.9 Å². The summed E-state index contributed by atoms with van der Waals surface area (Å²) in [5.74, 6) is -0.354. The molecule has 0 atom stereocenters. The standard InChI is InChI=1S/C15H28O3/c1-3-4-5-6-7-8-9-10-11-12-14(16)13-15(17)18-2/h13,16H,3-12H2,1-2H3. The summed E-state index contributed by atoms with van der Waals surface area (Å²) in [6.45, 7) is 2.23. The number of hydrogen-bond donors (Lipinski definition) is 1. The molecule has 0 spiro atoms. The molecule has 3 heteroatoms. The molecule has 0 aliphatic rings. The summed E-state index contributed by atoms with van der Waals surface area (Å²) in [4.78, 5) is 10.8. The predicted molar refractivity (Wildman–Crippen MR) is 74.6 cm³/mol. The van der Waals surface area contributed by atoms with E-state index in [0.717, 1.165) is 18.9 Å². The predicted octanol–water partition coefficient (Wildman–Crippen LogP) is 4.52.